The predicted octanol–water partition coefficient (Wildman–Crippen LogP) is 10.2. The van der Waals surface area contributed by atoms with Gasteiger partial charge < -0.3 is 5.32 Å². The molecule has 5 aromatic rings. The number of hydrogen-bond acceptors (Lipinski definition) is 2. The number of aryl methyl sites for hydroxylation is 2. The summed E-state index contributed by atoms with van der Waals surface area (Å²) in [5.41, 5.74) is 12.1. The summed E-state index contributed by atoms with van der Waals surface area (Å²) in [4.78, 5) is 2.37. The van der Waals surface area contributed by atoms with E-state index in [0.29, 0.717) is 0 Å². The van der Waals surface area contributed by atoms with Crippen molar-refractivity contribution in [2.45, 2.75) is 23.6 Å². The molecule has 1 aliphatic rings. The Bertz CT molecular complexity index is 1590. The highest BCUT2D eigenvalue weighted by Gasteiger charge is 2.18. The van der Waals surface area contributed by atoms with Gasteiger partial charge in [0.15, 0.2) is 0 Å². The molecule has 0 aliphatic carbocycles. The van der Waals surface area contributed by atoms with Crippen LogP contribution in [0.15, 0.2) is 113 Å². The molecule has 0 saturated carbocycles. The molecule has 0 atom stereocenters. The fourth-order valence-electron chi connectivity index (χ4n) is 4.71. The van der Waals surface area contributed by atoms with Crippen molar-refractivity contribution >= 4 is 34.7 Å². The fourth-order valence-corrected chi connectivity index (χ4v) is 5.99. The third-order valence-electron chi connectivity index (χ3n) is 6.64. The maximum absolute atomic E-state index is 6.46. The summed E-state index contributed by atoms with van der Waals surface area (Å²) in [5.74, 6) is 0. The minimum atomic E-state index is 0.747. The number of anilines is 2. The van der Waals surface area contributed by atoms with Crippen molar-refractivity contribution in [3.63, 3.8) is 0 Å². The summed E-state index contributed by atoms with van der Waals surface area (Å²) in [6.07, 6.45) is 0. The van der Waals surface area contributed by atoms with Crippen LogP contribution in [-0.2, 0) is 0 Å². The van der Waals surface area contributed by atoms with E-state index in [-0.39, 0.29) is 0 Å². The molecule has 0 unspecified atom stereocenters. The second-order valence-electron chi connectivity index (χ2n) is 8.98. The van der Waals surface area contributed by atoms with E-state index in [0.717, 1.165) is 21.3 Å². The van der Waals surface area contributed by atoms with Crippen molar-refractivity contribution in [1.82, 2.24) is 0 Å². The zero-order chi connectivity index (χ0) is 23.9. The first kappa shape index (κ1) is 22.0. The lowest BCUT2D eigenvalue weighted by Crippen LogP contribution is -2.00. The van der Waals surface area contributed by atoms with Gasteiger partial charge in [-0.05, 0) is 94.8 Å². The highest BCUT2D eigenvalue weighted by molar-refractivity contribution is 7.99. The van der Waals surface area contributed by atoms with E-state index in [1.165, 1.54) is 49.4 Å². The summed E-state index contributed by atoms with van der Waals surface area (Å²) in [6.45, 7) is 4.36. The van der Waals surface area contributed by atoms with Gasteiger partial charge in [0, 0.05) is 9.79 Å². The monoisotopic (exact) mass is 489 g/mol. The van der Waals surface area contributed by atoms with Crippen LogP contribution in [0, 0.1) is 13.8 Å². The molecular weight excluding hydrogens is 466 g/mol. The molecule has 6 rings (SSSR count). The van der Waals surface area contributed by atoms with Gasteiger partial charge in [0.25, 0.3) is 0 Å². The summed E-state index contributed by atoms with van der Waals surface area (Å²) in [5, 5.41) is 4.30. The van der Waals surface area contributed by atoms with Crippen molar-refractivity contribution in [3.05, 3.63) is 119 Å². The number of nitrogens with one attached hydrogen (secondary N) is 1. The van der Waals surface area contributed by atoms with Gasteiger partial charge in [-0.2, -0.15) is 0 Å². The second kappa shape index (κ2) is 8.96. The number of hydrogen-bond donors (Lipinski definition) is 1. The third kappa shape index (κ3) is 4.14. The van der Waals surface area contributed by atoms with Crippen molar-refractivity contribution in [2.24, 2.45) is 0 Å². The van der Waals surface area contributed by atoms with Crippen LogP contribution >= 0.6 is 23.4 Å². The predicted molar refractivity (Wildman–Crippen MR) is 151 cm³/mol. The molecule has 1 nitrogen and oxygen atoms in total. The zero-order valence-corrected chi connectivity index (χ0v) is 21.2. The molecule has 1 N–H and O–H groups in total. The van der Waals surface area contributed by atoms with Gasteiger partial charge in [-0.25, -0.2) is 0 Å². The molecule has 3 heteroatoms. The molecule has 0 fully saturated rings. The molecule has 170 valence electrons. The molecule has 0 bridgehead atoms. The van der Waals surface area contributed by atoms with Crippen molar-refractivity contribution in [2.75, 3.05) is 5.32 Å². The molecule has 0 radical (unpaired) electrons. The van der Waals surface area contributed by atoms with E-state index in [2.05, 4.69) is 110 Å². The third-order valence-corrected chi connectivity index (χ3v) is 8.09. The highest BCUT2D eigenvalue weighted by atomic mass is 35.5. The van der Waals surface area contributed by atoms with Crippen LogP contribution in [-0.4, -0.2) is 0 Å². The van der Waals surface area contributed by atoms with Gasteiger partial charge in [0.2, 0.25) is 0 Å². The lowest BCUT2D eigenvalue weighted by molar-refractivity contribution is 1.31. The van der Waals surface area contributed by atoms with E-state index in [1.807, 2.05) is 12.1 Å². The maximum Gasteiger partial charge on any atom is 0.0715 e. The SMILES string of the molecule is Cc1ccccc1-c1cc(-c2cccc(-c3ccc4c(c3)Nc3c(Cl)cccc3S4)c2)ccc1C. The fraction of sp³-hybridized carbons (Fsp3) is 0.0625. The first-order valence-electron chi connectivity index (χ1n) is 11.7. The van der Waals surface area contributed by atoms with E-state index < -0.39 is 0 Å². The van der Waals surface area contributed by atoms with Gasteiger partial charge in [-0.1, -0.05) is 90.1 Å². The Morgan fingerprint density at radius 3 is 2.09 bits per heavy atom. The Balaban J connectivity index is 1.37. The van der Waals surface area contributed by atoms with Crippen molar-refractivity contribution in [1.29, 1.82) is 0 Å². The van der Waals surface area contributed by atoms with Gasteiger partial charge >= 0.3 is 0 Å². The van der Waals surface area contributed by atoms with Gasteiger partial charge in [0.05, 0.1) is 16.4 Å². The van der Waals surface area contributed by atoms with Crippen LogP contribution in [0.2, 0.25) is 5.02 Å². The lowest BCUT2D eigenvalue weighted by atomic mass is 9.92. The number of rotatable bonds is 3. The van der Waals surface area contributed by atoms with Gasteiger partial charge in [-0.3, -0.25) is 0 Å². The molecule has 1 aliphatic heterocycles. The van der Waals surface area contributed by atoms with Crippen LogP contribution in [0.3, 0.4) is 0 Å². The van der Waals surface area contributed by atoms with Gasteiger partial charge in [-0.15, -0.1) is 0 Å². The summed E-state index contributed by atoms with van der Waals surface area (Å²) >= 11 is 8.21. The number of para-hydroxylation sites is 1. The second-order valence-corrected chi connectivity index (χ2v) is 10.5. The molecule has 0 amide bonds. The summed E-state index contributed by atoms with van der Waals surface area (Å²) in [7, 11) is 0. The van der Waals surface area contributed by atoms with Gasteiger partial charge in [0.1, 0.15) is 0 Å². The number of fused-ring (bicyclic) bond motifs is 2. The molecular formula is C32H24ClNS. The minimum Gasteiger partial charge on any atom is -0.352 e. The average Bonchev–Trinajstić information content (AvgIpc) is 2.88. The Morgan fingerprint density at radius 1 is 0.571 bits per heavy atom. The van der Waals surface area contributed by atoms with Crippen LogP contribution in [0.4, 0.5) is 11.4 Å². The lowest BCUT2D eigenvalue weighted by Gasteiger charge is -2.22. The Labute approximate surface area is 215 Å². The normalized spacial score (nSPS) is 12.0. The van der Waals surface area contributed by atoms with E-state index in [4.69, 9.17) is 11.6 Å². The minimum absolute atomic E-state index is 0.747. The molecule has 5 aromatic carbocycles. The van der Waals surface area contributed by atoms with Crippen LogP contribution in [0.5, 0.6) is 0 Å². The van der Waals surface area contributed by atoms with E-state index >= 15 is 0 Å². The first-order valence-corrected chi connectivity index (χ1v) is 12.9. The van der Waals surface area contributed by atoms with Crippen molar-refractivity contribution in [3.8, 4) is 33.4 Å². The molecule has 0 saturated heterocycles. The summed E-state index contributed by atoms with van der Waals surface area (Å²) in [6, 6.07) is 36.8. The highest BCUT2D eigenvalue weighted by Crippen LogP contribution is 2.47. The smallest absolute Gasteiger partial charge is 0.0715 e. The molecule has 1 heterocycles. The van der Waals surface area contributed by atoms with Crippen LogP contribution < -0.4 is 5.32 Å². The topological polar surface area (TPSA) is 12.0 Å². The van der Waals surface area contributed by atoms with E-state index in [1.54, 1.807) is 11.8 Å². The number of benzene rings is 5. The number of halogens is 1. The first-order chi connectivity index (χ1) is 17.1. The quantitative estimate of drug-likeness (QED) is 0.265. The zero-order valence-electron chi connectivity index (χ0n) is 19.6. The Morgan fingerprint density at radius 2 is 1.26 bits per heavy atom. The average molecular weight is 490 g/mol. The van der Waals surface area contributed by atoms with Crippen LogP contribution in [0.25, 0.3) is 33.4 Å². The largest absolute Gasteiger partial charge is 0.352 e. The molecule has 35 heavy (non-hydrogen) atoms. The van der Waals surface area contributed by atoms with E-state index in [9.17, 15) is 0 Å². The summed E-state index contributed by atoms with van der Waals surface area (Å²) < 4.78 is 0. The van der Waals surface area contributed by atoms with Crippen LogP contribution in [0.1, 0.15) is 11.1 Å². The maximum atomic E-state index is 6.46. The molecule has 0 spiro atoms. The van der Waals surface area contributed by atoms with Crippen molar-refractivity contribution < 1.29 is 0 Å². The Hall–Kier alpha value is -3.46. The molecule has 0 aromatic heterocycles. The standard InChI is InChI=1S/C32H24ClNS/c1-20-7-3-4-10-26(20)27-18-24(14-13-21(27)2)22-8-5-9-23(17-22)25-15-16-30-29(19-25)34-32-28(33)11-6-12-31(32)35-30/h3-19,34H,1-2H3. The Kier molecular flexibility index (Phi) is 5.64.